The highest BCUT2D eigenvalue weighted by Crippen LogP contribution is 2.02. The van der Waals surface area contributed by atoms with Gasteiger partial charge in [-0.05, 0) is 5.56 Å². The molecule has 0 saturated carbocycles. The van der Waals surface area contributed by atoms with Crippen LogP contribution in [-0.4, -0.2) is 18.9 Å². The third-order valence-electron chi connectivity index (χ3n) is 2.16. The molecule has 0 unspecified atom stereocenters. The Morgan fingerprint density at radius 2 is 2.14 bits per heavy atom. The van der Waals surface area contributed by atoms with Gasteiger partial charge >= 0.3 is 0 Å². The van der Waals surface area contributed by atoms with Crippen molar-refractivity contribution >= 4 is 11.9 Å². The minimum atomic E-state index is 0.912. The van der Waals surface area contributed by atoms with Gasteiger partial charge < -0.3 is 5.32 Å². The van der Waals surface area contributed by atoms with E-state index in [0.717, 1.165) is 25.3 Å². The zero-order chi connectivity index (χ0) is 9.64. The maximum Gasteiger partial charge on any atom is 0.100 e. The quantitative estimate of drug-likeness (QED) is 0.768. The number of nitrogens with zero attached hydrogens (tertiary/aromatic N) is 1. The van der Waals surface area contributed by atoms with Crippen molar-refractivity contribution in [1.82, 2.24) is 5.32 Å². The zero-order valence-electron chi connectivity index (χ0n) is 8.11. The summed E-state index contributed by atoms with van der Waals surface area (Å²) in [6.45, 7) is 1.92. The van der Waals surface area contributed by atoms with Crippen LogP contribution in [0.5, 0.6) is 0 Å². The third-order valence-corrected chi connectivity index (χ3v) is 2.16. The van der Waals surface area contributed by atoms with Gasteiger partial charge in [-0.2, -0.15) is 0 Å². The first-order valence-electron chi connectivity index (χ1n) is 4.94. The molecule has 0 aliphatic carbocycles. The lowest BCUT2D eigenvalue weighted by atomic mass is 10.2. The Bertz CT molecular complexity index is 339. The molecule has 0 amide bonds. The molecule has 1 N–H and O–H groups in total. The molecule has 0 fully saturated rings. The van der Waals surface area contributed by atoms with Crippen LogP contribution < -0.4 is 5.32 Å². The Kier molecular flexibility index (Phi) is 2.96. The van der Waals surface area contributed by atoms with E-state index in [-0.39, 0.29) is 0 Å². The molecule has 0 saturated heterocycles. The van der Waals surface area contributed by atoms with Crippen molar-refractivity contribution in [3.63, 3.8) is 0 Å². The van der Waals surface area contributed by atoms with Crippen LogP contribution in [-0.2, 0) is 0 Å². The van der Waals surface area contributed by atoms with Crippen LogP contribution >= 0.6 is 0 Å². The van der Waals surface area contributed by atoms with Crippen LogP contribution in [0, 0.1) is 0 Å². The van der Waals surface area contributed by atoms with Gasteiger partial charge in [0.2, 0.25) is 0 Å². The second-order valence-electron chi connectivity index (χ2n) is 3.27. The second kappa shape index (κ2) is 4.61. The van der Waals surface area contributed by atoms with Crippen molar-refractivity contribution in [2.45, 2.75) is 6.42 Å². The fraction of sp³-hybridized carbons (Fsp3) is 0.250. The van der Waals surface area contributed by atoms with Crippen molar-refractivity contribution in [2.75, 3.05) is 13.1 Å². The minimum Gasteiger partial charge on any atom is -0.372 e. The Labute approximate surface area is 84.4 Å². The number of amidine groups is 1. The fourth-order valence-electron chi connectivity index (χ4n) is 1.45. The standard InChI is InChI=1S/C12H14N2/c1-2-5-11(6-3-1)7-4-8-12-13-9-10-14-12/h1-7H,8-10H2,(H,13,14)/b7-4+. The lowest BCUT2D eigenvalue weighted by Crippen LogP contribution is -2.17. The van der Waals surface area contributed by atoms with E-state index in [2.05, 4.69) is 34.6 Å². The summed E-state index contributed by atoms with van der Waals surface area (Å²) in [5, 5.41) is 3.24. The summed E-state index contributed by atoms with van der Waals surface area (Å²) in [6.07, 6.45) is 5.18. The molecule has 2 nitrogen and oxygen atoms in total. The molecule has 1 heterocycles. The van der Waals surface area contributed by atoms with E-state index in [0.29, 0.717) is 0 Å². The van der Waals surface area contributed by atoms with Gasteiger partial charge in [0, 0.05) is 13.0 Å². The molecule has 0 atom stereocenters. The molecule has 1 aliphatic heterocycles. The van der Waals surface area contributed by atoms with Gasteiger partial charge in [0.05, 0.1) is 6.54 Å². The van der Waals surface area contributed by atoms with Gasteiger partial charge in [-0.15, -0.1) is 0 Å². The van der Waals surface area contributed by atoms with E-state index in [1.165, 1.54) is 5.56 Å². The number of aliphatic imine (C=N–C) groups is 1. The predicted octanol–water partition coefficient (Wildman–Crippen LogP) is 2.09. The first kappa shape index (κ1) is 9.00. The summed E-state index contributed by atoms with van der Waals surface area (Å²) < 4.78 is 0. The van der Waals surface area contributed by atoms with Gasteiger partial charge in [-0.25, -0.2) is 0 Å². The summed E-state index contributed by atoms with van der Waals surface area (Å²) in [5.74, 6) is 1.11. The largest absolute Gasteiger partial charge is 0.372 e. The minimum absolute atomic E-state index is 0.912. The van der Waals surface area contributed by atoms with Crippen LogP contribution in [0.4, 0.5) is 0 Å². The van der Waals surface area contributed by atoms with Gasteiger partial charge in [0.25, 0.3) is 0 Å². The van der Waals surface area contributed by atoms with Crippen LogP contribution in [0.15, 0.2) is 41.4 Å². The monoisotopic (exact) mass is 186 g/mol. The van der Waals surface area contributed by atoms with Crippen LogP contribution in [0.1, 0.15) is 12.0 Å². The number of rotatable bonds is 3. The molecule has 2 rings (SSSR count). The second-order valence-corrected chi connectivity index (χ2v) is 3.27. The molecule has 72 valence electrons. The molecule has 1 aliphatic rings. The topological polar surface area (TPSA) is 24.4 Å². The van der Waals surface area contributed by atoms with Crippen LogP contribution in [0.3, 0.4) is 0 Å². The number of nitrogens with one attached hydrogen (secondary N) is 1. The van der Waals surface area contributed by atoms with E-state index in [1.54, 1.807) is 0 Å². The van der Waals surface area contributed by atoms with E-state index < -0.39 is 0 Å². The summed E-state index contributed by atoms with van der Waals surface area (Å²) in [5.41, 5.74) is 1.24. The van der Waals surface area contributed by atoms with Crippen molar-refractivity contribution in [3.05, 3.63) is 42.0 Å². The summed E-state index contributed by atoms with van der Waals surface area (Å²) in [7, 11) is 0. The van der Waals surface area contributed by atoms with Crippen molar-refractivity contribution in [2.24, 2.45) is 4.99 Å². The number of benzene rings is 1. The van der Waals surface area contributed by atoms with Crippen molar-refractivity contribution in [1.29, 1.82) is 0 Å². The summed E-state index contributed by atoms with van der Waals surface area (Å²) in [6, 6.07) is 10.3. The molecule has 0 bridgehead atoms. The van der Waals surface area contributed by atoms with Gasteiger partial charge in [-0.3, -0.25) is 4.99 Å². The van der Waals surface area contributed by atoms with E-state index >= 15 is 0 Å². The normalized spacial score (nSPS) is 15.6. The van der Waals surface area contributed by atoms with Crippen LogP contribution in [0.25, 0.3) is 6.08 Å². The Hall–Kier alpha value is -1.57. The Balaban J connectivity index is 1.88. The SMILES string of the molecule is C(=C\c1ccccc1)/CC1=NCCN1. The average molecular weight is 186 g/mol. The van der Waals surface area contributed by atoms with Crippen molar-refractivity contribution in [3.8, 4) is 0 Å². The molecule has 0 spiro atoms. The molecule has 14 heavy (non-hydrogen) atoms. The third kappa shape index (κ3) is 2.46. The van der Waals surface area contributed by atoms with Gasteiger partial charge in [0.15, 0.2) is 0 Å². The molecule has 0 aromatic heterocycles. The van der Waals surface area contributed by atoms with E-state index in [1.807, 2.05) is 18.2 Å². The summed E-state index contributed by atoms with van der Waals surface area (Å²) in [4.78, 5) is 4.32. The lowest BCUT2D eigenvalue weighted by molar-refractivity contribution is 0.955. The molecule has 1 aromatic rings. The van der Waals surface area contributed by atoms with Crippen LogP contribution in [0.2, 0.25) is 0 Å². The highest BCUT2D eigenvalue weighted by molar-refractivity contribution is 5.85. The molecule has 2 heteroatoms. The Morgan fingerprint density at radius 1 is 1.29 bits per heavy atom. The molecular formula is C12H14N2. The van der Waals surface area contributed by atoms with E-state index in [4.69, 9.17) is 0 Å². The first-order chi connectivity index (χ1) is 6.95. The number of hydrogen-bond donors (Lipinski definition) is 1. The molecular weight excluding hydrogens is 172 g/mol. The zero-order valence-corrected chi connectivity index (χ0v) is 8.11. The average Bonchev–Trinajstić information content (AvgIpc) is 2.72. The Morgan fingerprint density at radius 3 is 2.86 bits per heavy atom. The predicted molar refractivity (Wildman–Crippen MR) is 60.4 cm³/mol. The smallest absolute Gasteiger partial charge is 0.100 e. The molecule has 1 aromatic carbocycles. The van der Waals surface area contributed by atoms with Gasteiger partial charge in [-0.1, -0.05) is 42.5 Å². The lowest BCUT2D eigenvalue weighted by Gasteiger charge is -1.96. The highest BCUT2D eigenvalue weighted by atomic mass is 15.1. The maximum absolute atomic E-state index is 4.32. The van der Waals surface area contributed by atoms with Crippen molar-refractivity contribution < 1.29 is 0 Å². The van der Waals surface area contributed by atoms with Gasteiger partial charge in [0.1, 0.15) is 5.84 Å². The maximum atomic E-state index is 4.32. The number of hydrogen-bond acceptors (Lipinski definition) is 2. The molecule has 0 radical (unpaired) electrons. The summed E-state index contributed by atoms with van der Waals surface area (Å²) >= 11 is 0. The highest BCUT2D eigenvalue weighted by Gasteiger charge is 2.00. The van der Waals surface area contributed by atoms with E-state index in [9.17, 15) is 0 Å². The fourth-order valence-corrected chi connectivity index (χ4v) is 1.45. The first-order valence-corrected chi connectivity index (χ1v) is 4.94.